The molecule has 0 radical (unpaired) electrons. The number of quaternary nitrogens is 1. The van der Waals surface area contributed by atoms with E-state index in [9.17, 15) is 27.2 Å². The third-order valence-electron chi connectivity index (χ3n) is 3.26. The maximum absolute atomic E-state index is 13.6. The minimum absolute atomic E-state index is 0.235. The minimum atomic E-state index is -5.09. The van der Waals surface area contributed by atoms with E-state index in [4.69, 9.17) is 0 Å². The monoisotopic (exact) mass is 351 g/mol. The predicted molar refractivity (Wildman–Crippen MR) is 75.9 cm³/mol. The van der Waals surface area contributed by atoms with Gasteiger partial charge in [-0.3, -0.25) is 10.1 Å². The molecule has 5 nitrogen and oxygen atoms in total. The molecular formula is C15H19F4N2O3+. The Balaban J connectivity index is 3.15. The van der Waals surface area contributed by atoms with Crippen molar-refractivity contribution < 1.29 is 37.2 Å². The van der Waals surface area contributed by atoms with E-state index in [2.05, 4.69) is 4.74 Å². The summed E-state index contributed by atoms with van der Waals surface area (Å²) in [6, 6.07) is 4.76. The van der Waals surface area contributed by atoms with Crippen molar-refractivity contribution in [1.29, 1.82) is 0 Å². The molecule has 0 heterocycles. The van der Waals surface area contributed by atoms with Gasteiger partial charge >= 0.3 is 17.8 Å². The Hall–Kier alpha value is -2.16. The van der Waals surface area contributed by atoms with Crippen molar-refractivity contribution in [2.75, 3.05) is 6.61 Å². The Labute approximate surface area is 136 Å². The van der Waals surface area contributed by atoms with Crippen LogP contribution in [0.3, 0.4) is 0 Å². The highest BCUT2D eigenvalue weighted by molar-refractivity contribution is 5.87. The van der Waals surface area contributed by atoms with Crippen molar-refractivity contribution in [3.63, 3.8) is 0 Å². The molecule has 9 heteroatoms. The number of ether oxygens (including phenoxy) is 1. The van der Waals surface area contributed by atoms with Gasteiger partial charge in [-0.15, -0.1) is 0 Å². The maximum atomic E-state index is 13.6. The van der Waals surface area contributed by atoms with Gasteiger partial charge in [-0.05, 0) is 19.1 Å². The molecule has 0 aromatic heterocycles. The predicted octanol–water partition coefficient (Wildman–Crippen LogP) is 1.24. The standard InChI is InChI=1S/C15H18F4N2O3/c1-3-12(22)21-14(15(17,18)19,13(23)24-4-2)20-9-10-5-7-11(16)8-6-10/h5-8,20H,3-4,9H2,1-2H3,(H,21,22)/p+1/t14-/m0/s1. The van der Waals surface area contributed by atoms with Crippen LogP contribution in [0.5, 0.6) is 0 Å². The van der Waals surface area contributed by atoms with E-state index in [-0.39, 0.29) is 19.6 Å². The van der Waals surface area contributed by atoms with Crippen LogP contribution in [0.2, 0.25) is 0 Å². The van der Waals surface area contributed by atoms with E-state index >= 15 is 0 Å². The third kappa shape index (κ3) is 4.67. The molecule has 0 saturated carbocycles. The van der Waals surface area contributed by atoms with Gasteiger partial charge in [-0.2, -0.15) is 13.2 Å². The van der Waals surface area contributed by atoms with Crippen LogP contribution < -0.4 is 10.6 Å². The number of esters is 1. The van der Waals surface area contributed by atoms with Gasteiger partial charge in [0, 0.05) is 12.0 Å². The summed E-state index contributed by atoms with van der Waals surface area (Å²) in [5, 5.41) is 2.35. The van der Waals surface area contributed by atoms with Crippen LogP contribution in [0.1, 0.15) is 25.8 Å². The fourth-order valence-corrected chi connectivity index (χ4v) is 1.93. The largest absolute Gasteiger partial charge is 0.478 e. The number of alkyl halides is 3. The van der Waals surface area contributed by atoms with Gasteiger partial charge < -0.3 is 10.1 Å². The van der Waals surface area contributed by atoms with E-state index in [1.807, 2.05) is 0 Å². The Bertz CT molecular complexity index is 575. The SMILES string of the molecule is CCOC(=O)[C@@](NC(=O)CC)([NH2+]Cc1ccc(F)cc1)C(F)(F)F. The Morgan fingerprint density at radius 3 is 2.21 bits per heavy atom. The highest BCUT2D eigenvalue weighted by Gasteiger charge is 2.67. The molecule has 24 heavy (non-hydrogen) atoms. The zero-order valence-corrected chi connectivity index (χ0v) is 13.2. The Morgan fingerprint density at radius 1 is 1.17 bits per heavy atom. The van der Waals surface area contributed by atoms with Gasteiger partial charge in [0.05, 0.1) is 6.61 Å². The molecule has 0 aliphatic heterocycles. The molecule has 0 aliphatic carbocycles. The zero-order chi connectivity index (χ0) is 18.4. The van der Waals surface area contributed by atoms with Crippen molar-refractivity contribution in [2.45, 2.75) is 38.7 Å². The Kier molecular flexibility index (Phi) is 6.70. The molecule has 3 N–H and O–H groups in total. The summed E-state index contributed by atoms with van der Waals surface area (Å²) >= 11 is 0. The normalized spacial score (nSPS) is 13.9. The first kappa shape index (κ1) is 19.9. The van der Waals surface area contributed by atoms with Crippen molar-refractivity contribution in [2.24, 2.45) is 0 Å². The summed E-state index contributed by atoms with van der Waals surface area (Å²) in [6.45, 7) is 2.13. The molecular weight excluding hydrogens is 332 g/mol. The van der Waals surface area contributed by atoms with Gasteiger partial charge in [0.1, 0.15) is 12.4 Å². The summed E-state index contributed by atoms with van der Waals surface area (Å²) in [5.74, 6) is -3.09. The molecule has 0 aliphatic rings. The molecule has 0 unspecified atom stereocenters. The summed E-state index contributed by atoms with van der Waals surface area (Å²) in [4.78, 5) is 23.5. The molecule has 134 valence electrons. The number of nitrogens with two attached hydrogens (primary N) is 1. The molecule has 0 spiro atoms. The zero-order valence-electron chi connectivity index (χ0n) is 13.2. The van der Waals surface area contributed by atoms with E-state index in [1.165, 1.54) is 26.0 Å². The first-order valence-corrected chi connectivity index (χ1v) is 7.30. The third-order valence-corrected chi connectivity index (χ3v) is 3.26. The molecule has 0 fully saturated rings. The number of carbonyl (C=O) groups excluding carboxylic acids is 2. The molecule has 0 saturated heterocycles. The quantitative estimate of drug-likeness (QED) is 0.441. The summed E-state index contributed by atoms with van der Waals surface area (Å²) in [7, 11) is 0. The van der Waals surface area contributed by atoms with Crippen LogP contribution in [-0.4, -0.2) is 30.3 Å². The molecule has 1 rings (SSSR count). The fourth-order valence-electron chi connectivity index (χ4n) is 1.93. The van der Waals surface area contributed by atoms with Crippen molar-refractivity contribution in [3.8, 4) is 0 Å². The average molecular weight is 351 g/mol. The average Bonchev–Trinajstić information content (AvgIpc) is 2.51. The van der Waals surface area contributed by atoms with Crippen LogP contribution >= 0.6 is 0 Å². The number of carbonyl (C=O) groups is 2. The van der Waals surface area contributed by atoms with E-state index in [0.717, 1.165) is 12.1 Å². The smallest absolute Gasteiger partial charge is 0.460 e. The van der Waals surface area contributed by atoms with Crippen molar-refractivity contribution >= 4 is 11.9 Å². The van der Waals surface area contributed by atoms with E-state index in [0.29, 0.717) is 10.9 Å². The summed E-state index contributed by atoms with van der Waals surface area (Å²) in [5.41, 5.74) is -2.91. The Morgan fingerprint density at radius 2 is 1.75 bits per heavy atom. The van der Waals surface area contributed by atoms with Crippen LogP contribution in [0.4, 0.5) is 17.6 Å². The fraction of sp³-hybridized carbons (Fsp3) is 0.467. The number of hydrogen-bond donors (Lipinski definition) is 2. The van der Waals surface area contributed by atoms with Gasteiger partial charge in [0.25, 0.3) is 0 Å². The summed E-state index contributed by atoms with van der Waals surface area (Å²) in [6.07, 6.45) is -5.33. The number of halogens is 4. The molecule has 1 aromatic rings. The second-order valence-electron chi connectivity index (χ2n) is 4.96. The number of hydrogen-bond acceptors (Lipinski definition) is 3. The number of benzene rings is 1. The lowest BCUT2D eigenvalue weighted by atomic mass is 10.1. The summed E-state index contributed by atoms with van der Waals surface area (Å²) < 4.78 is 58.2. The van der Waals surface area contributed by atoms with Gasteiger partial charge in [-0.1, -0.05) is 19.1 Å². The number of rotatable bonds is 7. The lowest BCUT2D eigenvalue weighted by Crippen LogP contribution is -3.06. The van der Waals surface area contributed by atoms with Crippen LogP contribution in [-0.2, 0) is 20.9 Å². The van der Waals surface area contributed by atoms with Gasteiger partial charge in [0.15, 0.2) is 0 Å². The highest BCUT2D eigenvalue weighted by Crippen LogP contribution is 2.27. The topological polar surface area (TPSA) is 72.0 Å². The van der Waals surface area contributed by atoms with Crippen LogP contribution in [0.15, 0.2) is 24.3 Å². The minimum Gasteiger partial charge on any atom is -0.460 e. The lowest BCUT2D eigenvalue weighted by molar-refractivity contribution is -0.757. The van der Waals surface area contributed by atoms with E-state index < -0.39 is 29.5 Å². The molecule has 1 amide bonds. The second kappa shape index (κ2) is 8.09. The van der Waals surface area contributed by atoms with E-state index in [1.54, 1.807) is 5.32 Å². The maximum Gasteiger partial charge on any atom is 0.478 e. The van der Waals surface area contributed by atoms with Crippen LogP contribution in [0.25, 0.3) is 0 Å². The van der Waals surface area contributed by atoms with Gasteiger partial charge in [-0.25, -0.2) is 9.18 Å². The molecule has 1 aromatic carbocycles. The number of nitrogens with one attached hydrogen (secondary N) is 1. The van der Waals surface area contributed by atoms with Gasteiger partial charge in [0.2, 0.25) is 5.91 Å². The first-order chi connectivity index (χ1) is 11.2. The molecule has 1 atom stereocenters. The second-order valence-corrected chi connectivity index (χ2v) is 4.96. The molecule has 0 bridgehead atoms. The van der Waals surface area contributed by atoms with Crippen LogP contribution in [0, 0.1) is 5.82 Å². The number of amides is 1. The highest BCUT2D eigenvalue weighted by atomic mass is 19.4. The van der Waals surface area contributed by atoms with Crippen molar-refractivity contribution in [1.82, 2.24) is 5.32 Å². The first-order valence-electron chi connectivity index (χ1n) is 7.30. The lowest BCUT2D eigenvalue weighted by Gasteiger charge is -2.31. The van der Waals surface area contributed by atoms with Crippen molar-refractivity contribution in [3.05, 3.63) is 35.6 Å².